The lowest BCUT2D eigenvalue weighted by Gasteiger charge is -2.33. The second-order valence-corrected chi connectivity index (χ2v) is 6.65. The number of halogens is 1. The highest BCUT2D eigenvalue weighted by Crippen LogP contribution is 2.25. The van der Waals surface area contributed by atoms with Crippen LogP contribution in [0.4, 0.5) is 5.69 Å². The number of nitrogens with zero attached hydrogens (tertiary/aromatic N) is 2. The molecule has 1 heterocycles. The van der Waals surface area contributed by atoms with E-state index in [4.69, 9.17) is 16.3 Å². The summed E-state index contributed by atoms with van der Waals surface area (Å²) in [5, 5.41) is 0.766. The molecule has 0 N–H and O–H groups in total. The van der Waals surface area contributed by atoms with E-state index in [2.05, 4.69) is 60.3 Å². The van der Waals surface area contributed by atoms with Crippen LogP contribution in [0.25, 0.3) is 0 Å². The molecule has 0 aliphatic carbocycles. The summed E-state index contributed by atoms with van der Waals surface area (Å²) in [5.41, 5.74) is 3.78. The minimum Gasteiger partial charge on any atom is -0.378 e. The van der Waals surface area contributed by atoms with Crippen LogP contribution in [0.3, 0.4) is 0 Å². The standard InChI is InChI=1S/C19H23ClN2O/c1-21(2)18-5-3-4-15(12-18)13-22-10-11-23-19(14-22)16-6-8-17(20)9-7-16/h3-9,12,19H,10-11,13-14H2,1-2H3/t19-/m0/s1. The molecule has 1 saturated heterocycles. The predicted molar refractivity (Wildman–Crippen MR) is 96.2 cm³/mol. The summed E-state index contributed by atoms with van der Waals surface area (Å²) in [5.74, 6) is 0. The minimum absolute atomic E-state index is 0.123. The first-order valence-corrected chi connectivity index (χ1v) is 8.35. The predicted octanol–water partition coefficient (Wildman–Crippen LogP) is 3.98. The molecule has 3 rings (SSSR count). The Morgan fingerprint density at radius 2 is 1.96 bits per heavy atom. The number of hydrogen-bond acceptors (Lipinski definition) is 3. The summed E-state index contributed by atoms with van der Waals surface area (Å²) < 4.78 is 5.94. The van der Waals surface area contributed by atoms with E-state index in [0.717, 1.165) is 31.3 Å². The first kappa shape index (κ1) is 16.3. The largest absolute Gasteiger partial charge is 0.378 e. The van der Waals surface area contributed by atoms with Gasteiger partial charge in [-0.15, -0.1) is 0 Å². The molecule has 0 radical (unpaired) electrons. The Bertz CT molecular complexity index is 642. The van der Waals surface area contributed by atoms with Gasteiger partial charge >= 0.3 is 0 Å². The topological polar surface area (TPSA) is 15.7 Å². The smallest absolute Gasteiger partial charge is 0.0952 e. The minimum atomic E-state index is 0.123. The molecule has 0 spiro atoms. The maximum absolute atomic E-state index is 5.97. The van der Waals surface area contributed by atoms with Crippen LogP contribution < -0.4 is 4.90 Å². The normalized spacial score (nSPS) is 18.8. The van der Waals surface area contributed by atoms with Crippen molar-refractivity contribution in [3.8, 4) is 0 Å². The summed E-state index contributed by atoms with van der Waals surface area (Å²) in [4.78, 5) is 4.59. The number of rotatable bonds is 4. The van der Waals surface area contributed by atoms with Gasteiger partial charge in [-0.25, -0.2) is 0 Å². The lowest BCUT2D eigenvalue weighted by atomic mass is 10.1. The molecule has 2 aromatic rings. The Kier molecular flexibility index (Phi) is 5.21. The molecule has 0 aromatic heterocycles. The fourth-order valence-electron chi connectivity index (χ4n) is 2.92. The van der Waals surface area contributed by atoms with E-state index in [1.165, 1.54) is 16.8 Å². The fraction of sp³-hybridized carbons (Fsp3) is 0.368. The third-order valence-corrected chi connectivity index (χ3v) is 4.48. The van der Waals surface area contributed by atoms with Gasteiger partial charge in [0.25, 0.3) is 0 Å². The maximum atomic E-state index is 5.97. The third kappa shape index (κ3) is 4.25. The molecule has 122 valence electrons. The zero-order chi connectivity index (χ0) is 16.2. The lowest BCUT2D eigenvalue weighted by Crippen LogP contribution is -2.37. The fourth-order valence-corrected chi connectivity index (χ4v) is 3.04. The van der Waals surface area contributed by atoms with Crippen LogP contribution in [0.2, 0.25) is 5.02 Å². The van der Waals surface area contributed by atoms with Crippen LogP contribution >= 0.6 is 11.6 Å². The van der Waals surface area contributed by atoms with Crippen molar-refractivity contribution in [3.05, 3.63) is 64.7 Å². The number of anilines is 1. The van der Waals surface area contributed by atoms with E-state index in [9.17, 15) is 0 Å². The second kappa shape index (κ2) is 7.35. The average Bonchev–Trinajstić information content (AvgIpc) is 2.56. The molecule has 0 unspecified atom stereocenters. The molecule has 23 heavy (non-hydrogen) atoms. The van der Waals surface area contributed by atoms with Crippen molar-refractivity contribution >= 4 is 17.3 Å². The van der Waals surface area contributed by atoms with Gasteiger partial charge in [0.2, 0.25) is 0 Å². The molecule has 0 bridgehead atoms. The molecule has 1 atom stereocenters. The number of morpholine rings is 1. The summed E-state index contributed by atoms with van der Waals surface area (Å²) in [6, 6.07) is 16.7. The molecule has 3 nitrogen and oxygen atoms in total. The van der Waals surface area contributed by atoms with Crippen molar-refractivity contribution in [2.24, 2.45) is 0 Å². The Morgan fingerprint density at radius 3 is 2.70 bits per heavy atom. The molecule has 4 heteroatoms. The Morgan fingerprint density at radius 1 is 1.17 bits per heavy atom. The quantitative estimate of drug-likeness (QED) is 0.843. The van der Waals surface area contributed by atoms with Crippen molar-refractivity contribution in [2.75, 3.05) is 38.7 Å². The van der Waals surface area contributed by atoms with Gasteiger partial charge < -0.3 is 9.64 Å². The number of ether oxygens (including phenoxy) is 1. The van der Waals surface area contributed by atoms with E-state index >= 15 is 0 Å². The van der Waals surface area contributed by atoms with Crippen LogP contribution in [0, 0.1) is 0 Å². The summed E-state index contributed by atoms with van der Waals surface area (Å²) in [7, 11) is 4.15. The van der Waals surface area contributed by atoms with Gasteiger partial charge in [0.05, 0.1) is 12.7 Å². The zero-order valence-corrected chi connectivity index (χ0v) is 14.5. The van der Waals surface area contributed by atoms with E-state index in [1.54, 1.807) is 0 Å². The molecule has 1 aliphatic heterocycles. The molecule has 1 fully saturated rings. The summed E-state index contributed by atoms with van der Waals surface area (Å²) in [6.45, 7) is 3.60. The van der Waals surface area contributed by atoms with Gasteiger partial charge in [-0.1, -0.05) is 35.9 Å². The van der Waals surface area contributed by atoms with Gasteiger partial charge in [-0.3, -0.25) is 4.90 Å². The van der Waals surface area contributed by atoms with E-state index < -0.39 is 0 Å². The number of hydrogen-bond donors (Lipinski definition) is 0. The van der Waals surface area contributed by atoms with Crippen molar-refractivity contribution < 1.29 is 4.74 Å². The zero-order valence-electron chi connectivity index (χ0n) is 13.7. The Labute approximate surface area is 143 Å². The van der Waals surface area contributed by atoms with E-state index in [-0.39, 0.29) is 6.10 Å². The second-order valence-electron chi connectivity index (χ2n) is 6.21. The molecule has 0 saturated carbocycles. The van der Waals surface area contributed by atoms with Gasteiger partial charge in [-0.05, 0) is 35.4 Å². The monoisotopic (exact) mass is 330 g/mol. The van der Waals surface area contributed by atoms with Crippen molar-refractivity contribution in [3.63, 3.8) is 0 Å². The first-order valence-electron chi connectivity index (χ1n) is 7.97. The Balaban J connectivity index is 1.67. The van der Waals surface area contributed by atoms with Gasteiger partial charge in [0.1, 0.15) is 0 Å². The van der Waals surface area contributed by atoms with Gasteiger partial charge in [-0.2, -0.15) is 0 Å². The highest BCUT2D eigenvalue weighted by Gasteiger charge is 2.22. The van der Waals surface area contributed by atoms with Crippen molar-refractivity contribution in [2.45, 2.75) is 12.6 Å². The van der Waals surface area contributed by atoms with Crippen LogP contribution in [0.5, 0.6) is 0 Å². The van der Waals surface area contributed by atoms with Crippen LogP contribution in [-0.4, -0.2) is 38.7 Å². The highest BCUT2D eigenvalue weighted by molar-refractivity contribution is 6.30. The van der Waals surface area contributed by atoms with Crippen molar-refractivity contribution in [1.29, 1.82) is 0 Å². The lowest BCUT2D eigenvalue weighted by molar-refractivity contribution is -0.0329. The molecular formula is C19H23ClN2O. The molecular weight excluding hydrogens is 308 g/mol. The molecule has 2 aromatic carbocycles. The summed E-state index contributed by atoms with van der Waals surface area (Å²) >= 11 is 5.97. The van der Waals surface area contributed by atoms with E-state index in [0.29, 0.717) is 0 Å². The van der Waals surface area contributed by atoms with Crippen molar-refractivity contribution in [1.82, 2.24) is 4.90 Å². The average molecular weight is 331 g/mol. The van der Waals surface area contributed by atoms with Gasteiger partial charge in [0.15, 0.2) is 0 Å². The van der Waals surface area contributed by atoms with E-state index in [1.807, 2.05) is 12.1 Å². The molecule has 0 amide bonds. The highest BCUT2D eigenvalue weighted by atomic mass is 35.5. The van der Waals surface area contributed by atoms with Crippen LogP contribution in [0.15, 0.2) is 48.5 Å². The third-order valence-electron chi connectivity index (χ3n) is 4.23. The van der Waals surface area contributed by atoms with Crippen LogP contribution in [0.1, 0.15) is 17.2 Å². The SMILES string of the molecule is CN(C)c1cccc(CN2CCO[C@H](c3ccc(Cl)cc3)C2)c1. The first-order chi connectivity index (χ1) is 11.1. The Hall–Kier alpha value is -1.55. The molecule has 1 aliphatic rings. The number of benzene rings is 2. The summed E-state index contributed by atoms with van der Waals surface area (Å²) in [6.07, 6.45) is 0.123. The maximum Gasteiger partial charge on any atom is 0.0952 e. The van der Waals surface area contributed by atoms with Crippen LogP contribution in [-0.2, 0) is 11.3 Å². The van der Waals surface area contributed by atoms with Gasteiger partial charge in [0, 0.05) is 44.4 Å².